The molecule has 0 aromatic carbocycles. The smallest absolute Gasteiger partial charge is 0.0856 e. The van der Waals surface area contributed by atoms with E-state index in [2.05, 4.69) is 6.57 Å². The van der Waals surface area contributed by atoms with Gasteiger partial charge in [0.15, 0.2) is 0 Å². The Morgan fingerprint density at radius 1 is 1.10 bits per heavy atom. The first-order chi connectivity index (χ1) is 4.68. The summed E-state index contributed by atoms with van der Waals surface area (Å²) in [5.41, 5.74) is 3.94. The quantitative estimate of drug-likeness (QED) is 0.363. The topological polar surface area (TPSA) is 111 Å². The van der Waals surface area contributed by atoms with E-state index in [0.29, 0.717) is 0 Å². The molecule has 10 heavy (non-hydrogen) atoms. The molecule has 0 radical (unpaired) electrons. The minimum atomic E-state index is -1.21. The van der Waals surface area contributed by atoms with Crippen molar-refractivity contribution in [2.75, 3.05) is 19.8 Å². The molecule has 0 atom stereocenters. The number of hydrogen-bond donors (Lipinski definition) is 4. The van der Waals surface area contributed by atoms with Crippen LogP contribution in [0.25, 0.3) is 0 Å². The summed E-state index contributed by atoms with van der Waals surface area (Å²) < 4.78 is 0. The minimum Gasteiger partial charge on any atom is -0.394 e. The Morgan fingerprint density at radius 3 is 1.30 bits per heavy atom. The second-order valence-corrected chi connectivity index (χ2v) is 1.84. The fourth-order valence-corrected chi connectivity index (χ4v) is 0.150. The Bertz CT molecular complexity index is 81.9. The van der Waals surface area contributed by atoms with Gasteiger partial charge in [-0.05, 0) is 0 Å². The molecule has 0 unspecified atom stereocenters. The van der Waals surface area contributed by atoms with Gasteiger partial charge in [-0.1, -0.05) is 0 Å². The molecule has 5 heteroatoms. The van der Waals surface area contributed by atoms with Gasteiger partial charge in [-0.15, -0.1) is 0 Å². The number of aliphatic hydroxyl groups is 3. The van der Waals surface area contributed by atoms with Crippen molar-refractivity contribution in [1.29, 1.82) is 5.26 Å². The maximum Gasteiger partial charge on any atom is 0.0856 e. The van der Waals surface area contributed by atoms with Crippen LogP contribution in [0.2, 0.25) is 0 Å². The average Bonchev–Trinajstić information content (AvgIpc) is 2.07. The van der Waals surface area contributed by atoms with E-state index in [1.54, 1.807) is 0 Å². The molecule has 0 bridgehead atoms. The van der Waals surface area contributed by atoms with Crippen LogP contribution in [0.1, 0.15) is 0 Å². The van der Waals surface area contributed by atoms with Crippen molar-refractivity contribution in [3.8, 4) is 6.57 Å². The van der Waals surface area contributed by atoms with Gasteiger partial charge in [0, 0.05) is 6.57 Å². The summed E-state index contributed by atoms with van der Waals surface area (Å²) >= 11 is 0. The first-order valence-electron chi connectivity index (χ1n) is 2.56. The van der Waals surface area contributed by atoms with Gasteiger partial charge < -0.3 is 21.1 Å². The predicted octanol–water partition coefficient (Wildman–Crippen LogP) is -2.20. The molecule has 0 aliphatic rings. The Hall–Kier alpha value is -0.670. The molecule has 0 fully saturated rings. The molecule has 0 rings (SSSR count). The monoisotopic (exact) mass is 148 g/mol. The Kier molecular flexibility index (Phi) is 7.77. The summed E-state index contributed by atoms with van der Waals surface area (Å²) in [4.78, 5) is 0. The highest BCUT2D eigenvalue weighted by atomic mass is 16.3. The minimum absolute atomic E-state index is 0.403. The van der Waals surface area contributed by atoms with Crippen molar-refractivity contribution in [1.82, 2.24) is 0 Å². The molecule has 0 aliphatic heterocycles. The molecule has 0 spiro atoms. The van der Waals surface area contributed by atoms with E-state index >= 15 is 0 Å². The van der Waals surface area contributed by atoms with Crippen LogP contribution in [0, 0.1) is 11.8 Å². The van der Waals surface area contributed by atoms with Gasteiger partial charge in [0.25, 0.3) is 0 Å². The zero-order chi connectivity index (χ0) is 8.62. The highest BCUT2D eigenvalue weighted by Crippen LogP contribution is 1.93. The van der Waals surface area contributed by atoms with E-state index in [9.17, 15) is 0 Å². The molecule has 0 aromatic rings. The molecular formula is C5H12N2O3. The van der Waals surface area contributed by atoms with E-state index in [1.807, 2.05) is 0 Å². The zero-order valence-corrected chi connectivity index (χ0v) is 5.56. The van der Waals surface area contributed by atoms with Crippen molar-refractivity contribution >= 4 is 0 Å². The Balaban J connectivity index is 0. The van der Waals surface area contributed by atoms with Crippen molar-refractivity contribution in [2.24, 2.45) is 5.73 Å². The summed E-state index contributed by atoms with van der Waals surface area (Å²) in [5, 5.41) is 31.5. The van der Waals surface area contributed by atoms with E-state index in [4.69, 9.17) is 26.3 Å². The van der Waals surface area contributed by atoms with Crippen molar-refractivity contribution < 1.29 is 15.3 Å². The predicted molar refractivity (Wildman–Crippen MR) is 34.8 cm³/mol. The number of nitrogens with two attached hydrogens (primary N) is 1. The maximum absolute atomic E-state index is 8.34. The number of nitrogens with zero attached hydrogens (tertiary/aromatic N) is 1. The lowest BCUT2D eigenvalue weighted by Gasteiger charge is -2.20. The maximum atomic E-state index is 8.34. The average molecular weight is 148 g/mol. The van der Waals surface area contributed by atoms with Crippen LogP contribution in [-0.4, -0.2) is 40.7 Å². The molecule has 5 N–H and O–H groups in total. The van der Waals surface area contributed by atoms with E-state index in [1.165, 1.54) is 0 Å². The first kappa shape index (κ1) is 12.0. The highest BCUT2D eigenvalue weighted by Gasteiger charge is 2.20. The van der Waals surface area contributed by atoms with E-state index < -0.39 is 25.4 Å². The first-order valence-corrected chi connectivity index (χ1v) is 2.56. The van der Waals surface area contributed by atoms with Gasteiger partial charge in [-0.3, -0.25) is 0 Å². The molecular weight excluding hydrogens is 136 g/mol. The molecule has 0 heterocycles. The van der Waals surface area contributed by atoms with Gasteiger partial charge in [0.1, 0.15) is 0 Å². The summed E-state index contributed by atoms with van der Waals surface area (Å²) in [5.74, 6) is 0. The second-order valence-electron chi connectivity index (χ2n) is 1.84. The number of rotatable bonds is 3. The lowest BCUT2D eigenvalue weighted by atomic mass is 10.1. The SMILES string of the molecule is C#N.NC(CO)(CO)CO. The lowest BCUT2D eigenvalue weighted by molar-refractivity contribution is 0.0698. The van der Waals surface area contributed by atoms with Gasteiger partial charge in [-0.2, -0.15) is 0 Å². The molecule has 5 nitrogen and oxygen atoms in total. The van der Waals surface area contributed by atoms with Crippen LogP contribution in [0.3, 0.4) is 0 Å². The van der Waals surface area contributed by atoms with Crippen molar-refractivity contribution in [3.63, 3.8) is 0 Å². The van der Waals surface area contributed by atoms with Crippen LogP contribution in [0.15, 0.2) is 0 Å². The number of aliphatic hydroxyl groups excluding tert-OH is 3. The molecule has 0 saturated carbocycles. The van der Waals surface area contributed by atoms with Crippen LogP contribution >= 0.6 is 0 Å². The summed E-state index contributed by atoms with van der Waals surface area (Å²) in [7, 11) is 0. The van der Waals surface area contributed by atoms with Crippen molar-refractivity contribution in [2.45, 2.75) is 5.54 Å². The van der Waals surface area contributed by atoms with E-state index in [-0.39, 0.29) is 0 Å². The third-order valence-corrected chi connectivity index (χ3v) is 0.945. The van der Waals surface area contributed by atoms with Crippen LogP contribution in [0.5, 0.6) is 0 Å². The third-order valence-electron chi connectivity index (χ3n) is 0.945. The second kappa shape index (κ2) is 6.45. The van der Waals surface area contributed by atoms with Crippen LogP contribution in [0.4, 0.5) is 0 Å². The van der Waals surface area contributed by atoms with Gasteiger partial charge in [0.05, 0.1) is 25.4 Å². The zero-order valence-electron chi connectivity index (χ0n) is 5.56. The molecule has 0 amide bonds. The standard InChI is InChI=1S/C4H11NO3.CHN/c5-4(1-6,2-7)3-8;1-2/h6-8H,1-3,5H2;1H. The van der Waals surface area contributed by atoms with Crippen molar-refractivity contribution in [3.05, 3.63) is 0 Å². The molecule has 0 aliphatic carbocycles. The van der Waals surface area contributed by atoms with Gasteiger partial charge >= 0.3 is 0 Å². The summed E-state index contributed by atoms with van der Waals surface area (Å²) in [6.07, 6.45) is 0. The highest BCUT2D eigenvalue weighted by molar-refractivity contribution is 4.80. The molecule has 0 aromatic heterocycles. The van der Waals surface area contributed by atoms with Crippen LogP contribution < -0.4 is 5.73 Å². The fraction of sp³-hybridized carbons (Fsp3) is 0.800. The summed E-state index contributed by atoms with van der Waals surface area (Å²) in [6, 6.07) is 0. The fourth-order valence-electron chi connectivity index (χ4n) is 0.150. The summed E-state index contributed by atoms with van der Waals surface area (Å²) in [6.45, 7) is 2.29. The lowest BCUT2D eigenvalue weighted by Crippen LogP contribution is -2.50. The molecule has 0 saturated heterocycles. The normalized spacial score (nSPS) is 9.80. The van der Waals surface area contributed by atoms with E-state index in [0.717, 1.165) is 0 Å². The van der Waals surface area contributed by atoms with Crippen LogP contribution in [-0.2, 0) is 0 Å². The van der Waals surface area contributed by atoms with Gasteiger partial charge in [0.2, 0.25) is 0 Å². The third kappa shape index (κ3) is 4.23. The Labute approximate surface area is 59.3 Å². The molecule has 60 valence electrons. The Morgan fingerprint density at radius 2 is 1.30 bits per heavy atom. The largest absolute Gasteiger partial charge is 0.394 e. The number of nitriles is 1. The van der Waals surface area contributed by atoms with Gasteiger partial charge in [-0.25, -0.2) is 5.26 Å². The number of hydrogen-bond acceptors (Lipinski definition) is 5.